The molecule has 0 aliphatic heterocycles. The zero-order chi connectivity index (χ0) is 16.8. The van der Waals surface area contributed by atoms with Crippen molar-refractivity contribution < 1.29 is 42.6 Å². The first-order valence-electron chi connectivity index (χ1n) is 6.65. The van der Waals surface area contributed by atoms with Gasteiger partial charge in [0.15, 0.2) is 0 Å². The zero-order valence-electron chi connectivity index (χ0n) is 12.6. The Morgan fingerprint density at radius 3 is 2.00 bits per heavy atom. The van der Waals surface area contributed by atoms with Crippen LogP contribution in [0.2, 0.25) is 0 Å². The molecule has 0 atom stereocenters. The topological polar surface area (TPSA) is 121 Å². The molecule has 0 bridgehead atoms. The fourth-order valence-electron chi connectivity index (χ4n) is 1.14. The highest BCUT2D eigenvalue weighted by Crippen LogP contribution is 2.35. The lowest BCUT2D eigenvalue weighted by Crippen LogP contribution is -2.15. The first kappa shape index (κ1) is 21.2. The van der Waals surface area contributed by atoms with E-state index < -0.39 is 13.8 Å². The van der Waals surface area contributed by atoms with E-state index in [1.165, 1.54) is 0 Å². The van der Waals surface area contributed by atoms with Gasteiger partial charge in [-0.2, -0.15) is 0 Å². The smallest absolute Gasteiger partial charge is 0.463 e. The van der Waals surface area contributed by atoms with Gasteiger partial charge in [0, 0.05) is 0 Å². The quantitative estimate of drug-likeness (QED) is 0.198. The summed E-state index contributed by atoms with van der Waals surface area (Å²) in [5.41, 5.74) is 0.246. The van der Waals surface area contributed by atoms with Crippen LogP contribution >= 0.6 is 7.82 Å². The molecule has 0 aliphatic rings. The predicted octanol–water partition coefficient (Wildman–Crippen LogP) is 0.265. The van der Waals surface area contributed by atoms with Crippen LogP contribution in [-0.2, 0) is 32.8 Å². The van der Waals surface area contributed by atoms with Gasteiger partial charge in [-0.25, -0.2) is 9.36 Å². The second-order valence-corrected chi connectivity index (χ2v) is 5.16. The molecule has 0 heterocycles. The Morgan fingerprint density at radius 2 is 1.50 bits per heavy atom. The van der Waals surface area contributed by atoms with Crippen LogP contribution in [0, 0.1) is 0 Å². The molecule has 0 spiro atoms. The third-order valence-corrected chi connectivity index (χ3v) is 2.59. The van der Waals surface area contributed by atoms with Gasteiger partial charge >= 0.3 is 13.8 Å². The number of carbonyl (C=O) groups is 1. The van der Waals surface area contributed by atoms with Crippen molar-refractivity contribution >= 4 is 13.8 Å². The number of esters is 1. The van der Waals surface area contributed by atoms with Crippen LogP contribution < -0.4 is 0 Å². The van der Waals surface area contributed by atoms with Crippen molar-refractivity contribution in [1.29, 1.82) is 0 Å². The molecule has 0 radical (unpaired) electrons. The molecule has 9 nitrogen and oxygen atoms in total. The normalized spacial score (nSPS) is 11.4. The van der Waals surface area contributed by atoms with Gasteiger partial charge in [0.05, 0.1) is 58.4 Å². The maximum Gasteiger partial charge on any atom is 0.469 e. The van der Waals surface area contributed by atoms with Crippen LogP contribution in [0.4, 0.5) is 0 Å². The Labute approximate surface area is 129 Å². The highest BCUT2D eigenvalue weighted by atomic mass is 31.2. The molecule has 0 aromatic heterocycles. The predicted molar refractivity (Wildman–Crippen MR) is 76.2 cm³/mol. The molecule has 0 rings (SSSR count). The van der Waals surface area contributed by atoms with E-state index in [-0.39, 0.29) is 32.0 Å². The van der Waals surface area contributed by atoms with Crippen LogP contribution in [0.5, 0.6) is 0 Å². The van der Waals surface area contributed by atoms with E-state index in [0.29, 0.717) is 26.4 Å². The molecule has 0 fully saturated rings. The molecule has 0 saturated heterocycles. The molecular weight excluding hydrogens is 319 g/mol. The highest BCUT2D eigenvalue weighted by molar-refractivity contribution is 7.46. The summed E-state index contributed by atoms with van der Waals surface area (Å²) in [6, 6.07) is 0. The van der Waals surface area contributed by atoms with Crippen LogP contribution in [0.15, 0.2) is 12.2 Å². The van der Waals surface area contributed by atoms with Gasteiger partial charge < -0.3 is 28.7 Å². The molecule has 130 valence electrons. The first-order chi connectivity index (χ1) is 10.4. The monoisotopic (exact) mass is 342 g/mol. The lowest BCUT2D eigenvalue weighted by atomic mass is 10.3. The Hall–Kier alpha value is -0.800. The fraction of sp³-hybridized carbons (Fsp3) is 0.750. The van der Waals surface area contributed by atoms with Crippen molar-refractivity contribution in [2.45, 2.75) is 6.92 Å². The van der Waals surface area contributed by atoms with Gasteiger partial charge in [-0.15, -0.1) is 0 Å². The molecule has 0 aromatic rings. The van der Waals surface area contributed by atoms with E-state index in [2.05, 4.69) is 11.1 Å². The lowest BCUT2D eigenvalue weighted by molar-refractivity contribution is -0.139. The summed E-state index contributed by atoms with van der Waals surface area (Å²) in [6.07, 6.45) is 0. The first-order valence-corrected chi connectivity index (χ1v) is 8.18. The van der Waals surface area contributed by atoms with Gasteiger partial charge in [-0.05, 0) is 6.92 Å². The van der Waals surface area contributed by atoms with E-state index in [4.69, 9.17) is 28.7 Å². The summed E-state index contributed by atoms with van der Waals surface area (Å²) in [5, 5.41) is 0. The largest absolute Gasteiger partial charge is 0.469 e. The minimum absolute atomic E-state index is 0.0599. The molecule has 0 unspecified atom stereocenters. The van der Waals surface area contributed by atoms with Crippen LogP contribution in [0.3, 0.4) is 0 Å². The van der Waals surface area contributed by atoms with Crippen molar-refractivity contribution in [3.8, 4) is 0 Å². The van der Waals surface area contributed by atoms with Gasteiger partial charge in [0.2, 0.25) is 0 Å². The maximum atomic E-state index is 11.2. The van der Waals surface area contributed by atoms with E-state index >= 15 is 0 Å². The minimum Gasteiger partial charge on any atom is -0.463 e. The minimum atomic E-state index is -4.43. The van der Waals surface area contributed by atoms with Crippen molar-refractivity contribution in [2.24, 2.45) is 0 Å². The SMILES string of the molecule is C=C(COCCOCCOCCOP(=O)(O)O)C(=O)OCC. The van der Waals surface area contributed by atoms with E-state index in [1.54, 1.807) is 6.92 Å². The molecule has 2 N–H and O–H groups in total. The van der Waals surface area contributed by atoms with Gasteiger partial charge in [0.25, 0.3) is 0 Å². The maximum absolute atomic E-state index is 11.2. The Morgan fingerprint density at radius 1 is 1.00 bits per heavy atom. The third kappa shape index (κ3) is 14.2. The summed E-state index contributed by atoms with van der Waals surface area (Å²) in [4.78, 5) is 28.0. The molecule has 0 aromatic carbocycles. The molecule has 0 aliphatic carbocycles. The van der Waals surface area contributed by atoms with E-state index in [1.807, 2.05) is 0 Å². The number of rotatable bonds is 14. The van der Waals surface area contributed by atoms with E-state index in [9.17, 15) is 9.36 Å². The summed E-state index contributed by atoms with van der Waals surface area (Å²) in [6.45, 7) is 6.67. The summed E-state index contributed by atoms with van der Waals surface area (Å²) >= 11 is 0. The van der Waals surface area contributed by atoms with Gasteiger partial charge in [-0.1, -0.05) is 6.58 Å². The van der Waals surface area contributed by atoms with Gasteiger partial charge in [-0.3, -0.25) is 4.52 Å². The molecular formula is C12H23O9P. The van der Waals surface area contributed by atoms with E-state index in [0.717, 1.165) is 0 Å². The summed E-state index contributed by atoms with van der Waals surface area (Å²) in [7, 11) is -4.43. The molecule has 0 saturated carbocycles. The number of phosphoric acid groups is 1. The van der Waals surface area contributed by atoms with Crippen LogP contribution in [0.1, 0.15) is 6.92 Å². The van der Waals surface area contributed by atoms with Crippen molar-refractivity contribution in [3.05, 3.63) is 12.2 Å². The Kier molecular flexibility index (Phi) is 12.3. The second kappa shape index (κ2) is 12.7. The molecule has 22 heavy (non-hydrogen) atoms. The van der Waals surface area contributed by atoms with Crippen LogP contribution in [-0.4, -0.2) is 68.6 Å². The average molecular weight is 342 g/mol. The molecule has 0 amide bonds. The van der Waals surface area contributed by atoms with Gasteiger partial charge in [0.1, 0.15) is 0 Å². The van der Waals surface area contributed by atoms with Crippen molar-refractivity contribution in [3.63, 3.8) is 0 Å². The number of phosphoric ester groups is 1. The number of hydrogen-bond acceptors (Lipinski definition) is 7. The fourth-order valence-corrected chi connectivity index (χ4v) is 1.45. The van der Waals surface area contributed by atoms with Crippen molar-refractivity contribution in [2.75, 3.05) is 52.9 Å². The second-order valence-electron chi connectivity index (χ2n) is 3.93. The number of ether oxygens (including phenoxy) is 4. The van der Waals surface area contributed by atoms with Crippen LogP contribution in [0.25, 0.3) is 0 Å². The number of carbonyl (C=O) groups excluding carboxylic acids is 1. The highest BCUT2D eigenvalue weighted by Gasteiger charge is 2.12. The number of hydrogen-bond donors (Lipinski definition) is 2. The summed E-state index contributed by atoms with van der Waals surface area (Å²) in [5.74, 6) is -0.477. The Bertz CT molecular complexity index is 366. The average Bonchev–Trinajstić information content (AvgIpc) is 2.43. The Balaban J connectivity index is 3.29. The standard InChI is InChI=1S/C12H23O9P/c1-3-20-12(13)11(2)10-19-7-6-17-4-5-18-8-9-21-22(14,15)16/h2-10H2,1H3,(H2,14,15,16). The third-order valence-electron chi connectivity index (χ3n) is 2.07. The van der Waals surface area contributed by atoms with Crippen molar-refractivity contribution in [1.82, 2.24) is 0 Å². The zero-order valence-corrected chi connectivity index (χ0v) is 13.5. The lowest BCUT2D eigenvalue weighted by Gasteiger charge is -2.08. The summed E-state index contributed by atoms with van der Waals surface area (Å²) < 4.78 is 34.6. The molecule has 10 heteroatoms.